The second kappa shape index (κ2) is 3.56. The van der Waals surface area contributed by atoms with E-state index < -0.39 is 0 Å². The molecule has 1 heterocycles. The van der Waals surface area contributed by atoms with Crippen LogP contribution in [0.15, 0.2) is 12.1 Å². The van der Waals surface area contributed by atoms with Crippen molar-refractivity contribution in [2.24, 2.45) is 0 Å². The van der Waals surface area contributed by atoms with Crippen LogP contribution in [0.1, 0.15) is 34.4 Å². The smallest absolute Gasteiger partial charge is 0.100 e. The number of aromatic nitrogens is 1. The maximum absolute atomic E-state index is 9.42. The van der Waals surface area contributed by atoms with Crippen LogP contribution in [-0.2, 0) is 12.8 Å². The van der Waals surface area contributed by atoms with Crippen LogP contribution in [0.4, 0.5) is 0 Å². The Kier molecular flexibility index (Phi) is 2.16. The molecule has 2 aromatic rings. The minimum Gasteiger partial charge on any atom is -0.252 e. The Hall–Kier alpha value is -1.88. The fraction of sp³-hybridized carbons (Fsp3) is 0.333. The van der Waals surface area contributed by atoms with E-state index in [1.807, 2.05) is 0 Å². The number of benzene rings is 1. The maximum atomic E-state index is 9.42. The molecule has 0 unspecified atom stereocenters. The van der Waals surface area contributed by atoms with Gasteiger partial charge in [-0.15, -0.1) is 0 Å². The summed E-state index contributed by atoms with van der Waals surface area (Å²) < 4.78 is 0. The van der Waals surface area contributed by atoms with Gasteiger partial charge in [0, 0.05) is 11.1 Å². The zero-order valence-corrected chi connectivity index (χ0v) is 10.2. The van der Waals surface area contributed by atoms with E-state index in [4.69, 9.17) is 4.98 Å². The number of nitrogens with zero attached hydrogens (tertiary/aromatic N) is 2. The molecular weight excluding hydrogens is 208 g/mol. The van der Waals surface area contributed by atoms with Crippen LogP contribution in [0.3, 0.4) is 0 Å². The molecule has 84 valence electrons. The van der Waals surface area contributed by atoms with Gasteiger partial charge >= 0.3 is 0 Å². The van der Waals surface area contributed by atoms with E-state index >= 15 is 0 Å². The molecule has 2 heteroatoms. The van der Waals surface area contributed by atoms with E-state index in [1.54, 1.807) is 0 Å². The Morgan fingerprint density at radius 1 is 1.24 bits per heavy atom. The lowest BCUT2D eigenvalue weighted by Gasteiger charge is -2.10. The predicted molar refractivity (Wildman–Crippen MR) is 68.0 cm³/mol. The van der Waals surface area contributed by atoms with E-state index in [0.29, 0.717) is 0 Å². The summed E-state index contributed by atoms with van der Waals surface area (Å²) in [6.45, 7) is 4.15. The molecule has 0 bridgehead atoms. The fourth-order valence-corrected chi connectivity index (χ4v) is 2.90. The number of pyridine rings is 1. The second-order valence-corrected chi connectivity index (χ2v) is 4.85. The third-order valence-electron chi connectivity index (χ3n) is 3.57. The minimum absolute atomic E-state index is 0.861. The highest BCUT2D eigenvalue weighted by atomic mass is 14.7. The van der Waals surface area contributed by atoms with Crippen molar-refractivity contribution in [2.45, 2.75) is 33.1 Å². The van der Waals surface area contributed by atoms with Crippen molar-refractivity contribution in [3.8, 4) is 6.07 Å². The van der Waals surface area contributed by atoms with Crippen LogP contribution < -0.4 is 0 Å². The molecule has 3 rings (SSSR count). The first-order valence-electron chi connectivity index (χ1n) is 6.03. The lowest BCUT2D eigenvalue weighted by Crippen LogP contribution is -1.97. The number of aryl methyl sites for hydroxylation is 3. The van der Waals surface area contributed by atoms with E-state index in [9.17, 15) is 5.26 Å². The van der Waals surface area contributed by atoms with E-state index in [-0.39, 0.29) is 0 Å². The van der Waals surface area contributed by atoms with Crippen molar-refractivity contribution in [1.29, 1.82) is 5.26 Å². The number of rotatable bonds is 0. The molecule has 0 spiro atoms. The van der Waals surface area contributed by atoms with Gasteiger partial charge in [0.05, 0.1) is 11.1 Å². The van der Waals surface area contributed by atoms with Crippen LogP contribution in [0, 0.1) is 25.2 Å². The first kappa shape index (κ1) is 10.3. The molecule has 0 amide bonds. The van der Waals surface area contributed by atoms with Gasteiger partial charge in [-0.1, -0.05) is 6.07 Å². The Morgan fingerprint density at radius 3 is 2.82 bits per heavy atom. The van der Waals surface area contributed by atoms with Crippen LogP contribution >= 0.6 is 0 Å². The summed E-state index contributed by atoms with van der Waals surface area (Å²) in [4.78, 5) is 4.73. The highest BCUT2D eigenvalue weighted by Crippen LogP contribution is 2.31. The Labute approximate surface area is 101 Å². The average molecular weight is 222 g/mol. The lowest BCUT2D eigenvalue weighted by atomic mass is 9.97. The standard InChI is InChI=1S/C15H14N2/c1-9-6-10(2)15-12(8-16)11-4-3-5-13(11)17-14(15)7-9/h6-7H,3-5H2,1-2H3. The average Bonchev–Trinajstić information content (AvgIpc) is 2.73. The number of fused-ring (bicyclic) bond motifs is 2. The van der Waals surface area contributed by atoms with Crippen molar-refractivity contribution < 1.29 is 0 Å². The summed E-state index contributed by atoms with van der Waals surface area (Å²) in [6.07, 6.45) is 3.16. The van der Waals surface area contributed by atoms with Crippen molar-refractivity contribution >= 4 is 10.9 Å². The predicted octanol–water partition coefficient (Wildman–Crippen LogP) is 3.21. The van der Waals surface area contributed by atoms with Gasteiger partial charge in [-0.25, -0.2) is 0 Å². The molecule has 0 aliphatic heterocycles. The quantitative estimate of drug-likeness (QED) is 0.686. The highest BCUT2D eigenvalue weighted by molar-refractivity contribution is 5.90. The molecule has 1 aromatic heterocycles. The third-order valence-corrected chi connectivity index (χ3v) is 3.57. The largest absolute Gasteiger partial charge is 0.252 e. The van der Waals surface area contributed by atoms with Crippen molar-refractivity contribution in [2.75, 3.05) is 0 Å². The maximum Gasteiger partial charge on any atom is 0.100 e. The molecule has 0 saturated carbocycles. The Balaban J connectivity index is 2.50. The zero-order valence-electron chi connectivity index (χ0n) is 10.2. The van der Waals surface area contributed by atoms with Gasteiger partial charge in [0.15, 0.2) is 0 Å². The van der Waals surface area contributed by atoms with Gasteiger partial charge in [-0.3, -0.25) is 4.98 Å². The topological polar surface area (TPSA) is 36.7 Å². The van der Waals surface area contributed by atoms with Crippen molar-refractivity contribution in [1.82, 2.24) is 4.98 Å². The molecule has 1 aliphatic rings. The van der Waals surface area contributed by atoms with Crippen LogP contribution in [0.25, 0.3) is 10.9 Å². The summed E-state index contributed by atoms with van der Waals surface area (Å²) in [6, 6.07) is 6.61. The number of nitriles is 1. The van der Waals surface area contributed by atoms with Crippen LogP contribution in [0.5, 0.6) is 0 Å². The SMILES string of the molecule is Cc1cc(C)c2c(C#N)c3c(nc2c1)CCC3. The number of hydrogen-bond donors (Lipinski definition) is 0. The molecular formula is C15H14N2. The van der Waals surface area contributed by atoms with Gasteiger partial charge in [-0.05, 0) is 55.9 Å². The Morgan fingerprint density at radius 2 is 2.06 bits per heavy atom. The van der Waals surface area contributed by atoms with Crippen molar-refractivity contribution in [3.05, 3.63) is 40.1 Å². The van der Waals surface area contributed by atoms with Crippen LogP contribution in [0.2, 0.25) is 0 Å². The lowest BCUT2D eigenvalue weighted by molar-refractivity contribution is 0.900. The minimum atomic E-state index is 0.861. The Bertz CT molecular complexity index is 663. The van der Waals surface area contributed by atoms with Crippen LogP contribution in [-0.4, -0.2) is 4.98 Å². The summed E-state index contributed by atoms with van der Waals surface area (Å²) in [5.74, 6) is 0. The van der Waals surface area contributed by atoms with Gasteiger partial charge in [-0.2, -0.15) is 5.26 Å². The van der Waals surface area contributed by atoms with Gasteiger partial charge in [0.2, 0.25) is 0 Å². The molecule has 0 saturated heterocycles. The molecule has 1 aromatic carbocycles. The normalized spacial score (nSPS) is 13.7. The molecule has 0 atom stereocenters. The highest BCUT2D eigenvalue weighted by Gasteiger charge is 2.20. The van der Waals surface area contributed by atoms with E-state index in [0.717, 1.165) is 41.4 Å². The van der Waals surface area contributed by atoms with E-state index in [1.165, 1.54) is 16.7 Å². The zero-order chi connectivity index (χ0) is 12.0. The summed E-state index contributed by atoms with van der Waals surface area (Å²) in [5.41, 5.74) is 6.55. The molecule has 1 aliphatic carbocycles. The molecule has 2 nitrogen and oxygen atoms in total. The van der Waals surface area contributed by atoms with Gasteiger partial charge < -0.3 is 0 Å². The summed E-state index contributed by atoms with van der Waals surface area (Å²) in [7, 11) is 0. The van der Waals surface area contributed by atoms with Crippen molar-refractivity contribution in [3.63, 3.8) is 0 Å². The first-order valence-corrected chi connectivity index (χ1v) is 6.03. The second-order valence-electron chi connectivity index (χ2n) is 4.85. The van der Waals surface area contributed by atoms with Gasteiger partial charge in [0.25, 0.3) is 0 Å². The molecule has 17 heavy (non-hydrogen) atoms. The number of hydrogen-bond acceptors (Lipinski definition) is 2. The third kappa shape index (κ3) is 1.43. The first-order chi connectivity index (χ1) is 8.20. The summed E-state index contributed by atoms with van der Waals surface area (Å²) >= 11 is 0. The molecule has 0 fully saturated rings. The van der Waals surface area contributed by atoms with E-state index in [2.05, 4.69) is 32.0 Å². The fourth-order valence-electron chi connectivity index (χ4n) is 2.90. The molecule has 0 radical (unpaired) electrons. The monoisotopic (exact) mass is 222 g/mol. The van der Waals surface area contributed by atoms with Gasteiger partial charge in [0.1, 0.15) is 6.07 Å². The summed E-state index contributed by atoms with van der Waals surface area (Å²) in [5, 5.41) is 10.5. The molecule has 0 N–H and O–H groups in total.